The molecule has 0 amide bonds. The number of nitrogens with two attached hydrogens (primary N) is 1. The van der Waals surface area contributed by atoms with Crippen LogP contribution in [-0.2, 0) is 0 Å². The summed E-state index contributed by atoms with van der Waals surface area (Å²) in [4.78, 5) is 0. The van der Waals surface area contributed by atoms with Crippen LogP contribution < -0.4 is 5.73 Å². The van der Waals surface area contributed by atoms with Crippen LogP contribution in [0.5, 0.6) is 0 Å². The Bertz CT molecular complexity index is 113. The number of aliphatic hydroxyl groups excluding tert-OH is 1. The molecular weight excluding hydrogens is 148 g/mol. The van der Waals surface area contributed by atoms with Gasteiger partial charge in [0.1, 0.15) is 0 Å². The van der Waals surface area contributed by atoms with Crippen LogP contribution in [0.2, 0.25) is 0 Å². The molecule has 0 aliphatic rings. The van der Waals surface area contributed by atoms with Crippen LogP contribution in [0.3, 0.4) is 0 Å². The Labute approximate surface area is 65.2 Å². The Morgan fingerprint density at radius 1 is 1.60 bits per heavy atom. The van der Waals surface area contributed by atoms with E-state index in [-0.39, 0.29) is 12.6 Å². The second-order valence-electron chi connectivity index (χ2n) is 1.86. The first kappa shape index (κ1) is 9.76. The van der Waals surface area contributed by atoms with Crippen molar-refractivity contribution in [2.75, 3.05) is 18.1 Å². The molecule has 58 valence electrons. The second kappa shape index (κ2) is 6.87. The average Bonchev–Trinajstić information content (AvgIpc) is 1.98. The van der Waals surface area contributed by atoms with Gasteiger partial charge in [-0.3, -0.25) is 0 Å². The fraction of sp³-hybridized carbons (Fsp3) is 0.833. The Kier molecular flexibility index (Phi) is 6.71. The number of nitriles is 1. The summed E-state index contributed by atoms with van der Waals surface area (Å²) < 4.78 is 0. The molecule has 0 aliphatic heterocycles. The molecule has 0 aromatic rings. The molecule has 0 spiro atoms. The van der Waals surface area contributed by atoms with Gasteiger partial charge in [-0.15, -0.1) is 0 Å². The fourth-order valence-corrected chi connectivity index (χ4v) is 1.20. The van der Waals surface area contributed by atoms with Gasteiger partial charge in [-0.05, 0) is 12.2 Å². The second-order valence-corrected chi connectivity index (χ2v) is 3.08. The van der Waals surface area contributed by atoms with Crippen LogP contribution >= 0.6 is 11.8 Å². The van der Waals surface area contributed by atoms with Crippen molar-refractivity contribution in [1.29, 1.82) is 5.26 Å². The SMILES string of the molecule is N#CC(N)CCSCCO. The Balaban J connectivity index is 2.98. The van der Waals surface area contributed by atoms with Crippen LogP contribution in [0.25, 0.3) is 0 Å². The molecule has 0 saturated heterocycles. The lowest BCUT2D eigenvalue weighted by Crippen LogP contribution is -2.17. The molecule has 3 N–H and O–H groups in total. The number of nitrogens with zero attached hydrogens (tertiary/aromatic N) is 1. The van der Waals surface area contributed by atoms with Crippen molar-refractivity contribution in [2.45, 2.75) is 12.5 Å². The largest absolute Gasteiger partial charge is 0.396 e. The minimum absolute atomic E-state index is 0.201. The number of aliphatic hydroxyl groups is 1. The fourth-order valence-electron chi connectivity index (χ4n) is 0.441. The maximum Gasteiger partial charge on any atom is 0.0935 e. The van der Waals surface area contributed by atoms with E-state index in [1.54, 1.807) is 11.8 Å². The van der Waals surface area contributed by atoms with Crippen molar-refractivity contribution in [1.82, 2.24) is 0 Å². The Hall–Kier alpha value is -0.240. The van der Waals surface area contributed by atoms with E-state index in [1.165, 1.54) is 0 Å². The lowest BCUT2D eigenvalue weighted by atomic mass is 10.3. The van der Waals surface area contributed by atoms with Crippen LogP contribution in [0, 0.1) is 11.3 Å². The van der Waals surface area contributed by atoms with E-state index >= 15 is 0 Å². The molecule has 0 aliphatic carbocycles. The van der Waals surface area contributed by atoms with Gasteiger partial charge in [0.15, 0.2) is 0 Å². The molecule has 0 rings (SSSR count). The Morgan fingerprint density at radius 2 is 2.30 bits per heavy atom. The number of rotatable bonds is 5. The van der Waals surface area contributed by atoms with E-state index in [0.717, 1.165) is 11.5 Å². The van der Waals surface area contributed by atoms with E-state index in [4.69, 9.17) is 16.1 Å². The van der Waals surface area contributed by atoms with Crippen molar-refractivity contribution >= 4 is 11.8 Å². The van der Waals surface area contributed by atoms with Crippen LogP contribution in [0.1, 0.15) is 6.42 Å². The molecule has 3 nitrogen and oxygen atoms in total. The van der Waals surface area contributed by atoms with Gasteiger partial charge >= 0.3 is 0 Å². The highest BCUT2D eigenvalue weighted by atomic mass is 32.2. The van der Waals surface area contributed by atoms with Gasteiger partial charge in [0.2, 0.25) is 0 Å². The monoisotopic (exact) mass is 160 g/mol. The maximum atomic E-state index is 8.37. The number of thioether (sulfide) groups is 1. The third kappa shape index (κ3) is 5.89. The number of hydrogen-bond donors (Lipinski definition) is 2. The van der Waals surface area contributed by atoms with Gasteiger partial charge in [0, 0.05) is 5.75 Å². The lowest BCUT2D eigenvalue weighted by Gasteiger charge is -1.99. The first-order valence-electron chi connectivity index (χ1n) is 3.15. The molecule has 1 unspecified atom stereocenters. The third-order valence-corrected chi connectivity index (χ3v) is 1.97. The summed E-state index contributed by atoms with van der Waals surface area (Å²) in [5, 5.41) is 16.6. The molecule has 0 aromatic carbocycles. The molecular formula is C6H12N2OS. The summed E-state index contributed by atoms with van der Waals surface area (Å²) in [5.74, 6) is 1.59. The van der Waals surface area contributed by atoms with Crippen molar-refractivity contribution in [2.24, 2.45) is 5.73 Å². The van der Waals surface area contributed by atoms with Crippen LogP contribution in [0.4, 0.5) is 0 Å². The third-order valence-electron chi connectivity index (χ3n) is 0.975. The van der Waals surface area contributed by atoms with Gasteiger partial charge in [-0.1, -0.05) is 0 Å². The summed E-state index contributed by atoms with van der Waals surface area (Å²) in [5.41, 5.74) is 5.32. The summed E-state index contributed by atoms with van der Waals surface area (Å²) >= 11 is 1.62. The first-order chi connectivity index (χ1) is 4.81. The quantitative estimate of drug-likeness (QED) is 0.553. The molecule has 0 heterocycles. The molecule has 0 saturated carbocycles. The van der Waals surface area contributed by atoms with Gasteiger partial charge in [0.25, 0.3) is 0 Å². The van der Waals surface area contributed by atoms with Crippen LogP contribution in [-0.4, -0.2) is 29.3 Å². The van der Waals surface area contributed by atoms with Gasteiger partial charge < -0.3 is 10.8 Å². The highest BCUT2D eigenvalue weighted by Crippen LogP contribution is 2.01. The number of hydrogen-bond acceptors (Lipinski definition) is 4. The van der Waals surface area contributed by atoms with E-state index in [9.17, 15) is 0 Å². The standard InChI is InChI=1S/C6H12N2OS/c7-5-6(8)1-3-10-4-2-9/h6,9H,1-4,8H2. The highest BCUT2D eigenvalue weighted by Gasteiger charge is 1.97. The first-order valence-corrected chi connectivity index (χ1v) is 4.30. The molecule has 0 aromatic heterocycles. The van der Waals surface area contributed by atoms with E-state index in [0.29, 0.717) is 6.42 Å². The van der Waals surface area contributed by atoms with Crippen molar-refractivity contribution < 1.29 is 5.11 Å². The summed E-state index contributed by atoms with van der Waals surface area (Å²) in [7, 11) is 0. The topological polar surface area (TPSA) is 70.0 Å². The van der Waals surface area contributed by atoms with Crippen molar-refractivity contribution in [3.8, 4) is 6.07 Å². The van der Waals surface area contributed by atoms with Crippen molar-refractivity contribution in [3.63, 3.8) is 0 Å². The summed E-state index contributed by atoms with van der Waals surface area (Å²) in [6.07, 6.45) is 0.709. The van der Waals surface area contributed by atoms with Gasteiger partial charge in [-0.2, -0.15) is 17.0 Å². The minimum atomic E-state index is -0.341. The predicted octanol–water partition coefficient (Wildman–Crippen LogP) is -0.0471. The normalized spacial score (nSPS) is 12.5. The zero-order chi connectivity index (χ0) is 7.82. The van der Waals surface area contributed by atoms with Crippen LogP contribution in [0.15, 0.2) is 0 Å². The molecule has 0 fully saturated rings. The smallest absolute Gasteiger partial charge is 0.0935 e. The highest BCUT2D eigenvalue weighted by molar-refractivity contribution is 7.99. The van der Waals surface area contributed by atoms with Gasteiger partial charge in [0.05, 0.1) is 18.7 Å². The molecule has 0 radical (unpaired) electrons. The van der Waals surface area contributed by atoms with E-state index in [1.807, 2.05) is 6.07 Å². The Morgan fingerprint density at radius 3 is 2.80 bits per heavy atom. The maximum absolute atomic E-state index is 8.37. The predicted molar refractivity (Wildman–Crippen MR) is 42.6 cm³/mol. The average molecular weight is 160 g/mol. The molecule has 4 heteroatoms. The summed E-state index contributed by atoms with van der Waals surface area (Å²) in [6.45, 7) is 0.201. The molecule has 0 bridgehead atoms. The summed E-state index contributed by atoms with van der Waals surface area (Å²) in [6, 6.07) is 1.60. The van der Waals surface area contributed by atoms with Crippen molar-refractivity contribution in [3.05, 3.63) is 0 Å². The van der Waals surface area contributed by atoms with Gasteiger partial charge in [-0.25, -0.2) is 0 Å². The molecule has 1 atom stereocenters. The van der Waals surface area contributed by atoms with E-state index < -0.39 is 0 Å². The van der Waals surface area contributed by atoms with E-state index in [2.05, 4.69) is 0 Å². The lowest BCUT2D eigenvalue weighted by molar-refractivity contribution is 0.322. The minimum Gasteiger partial charge on any atom is -0.396 e. The zero-order valence-electron chi connectivity index (χ0n) is 5.79. The zero-order valence-corrected chi connectivity index (χ0v) is 6.60. The molecule has 10 heavy (non-hydrogen) atoms.